The van der Waals surface area contributed by atoms with E-state index in [0.717, 1.165) is 5.75 Å². The van der Waals surface area contributed by atoms with E-state index in [-0.39, 0.29) is 0 Å². The van der Waals surface area contributed by atoms with Crippen LogP contribution in [0.5, 0.6) is 5.75 Å². The van der Waals surface area contributed by atoms with E-state index in [2.05, 4.69) is 91.0 Å². The van der Waals surface area contributed by atoms with Crippen LogP contribution in [0.4, 0.5) is 17.3 Å². The highest BCUT2D eigenvalue weighted by Gasteiger charge is 2.20. The Labute approximate surface area is 182 Å². The van der Waals surface area contributed by atoms with Gasteiger partial charge in [0.05, 0.1) is 12.7 Å². The predicted octanol–water partition coefficient (Wildman–Crippen LogP) is 8.33. The first-order chi connectivity index (χ1) is 14.8. The van der Waals surface area contributed by atoms with Crippen molar-refractivity contribution in [1.82, 2.24) is 0 Å². The van der Waals surface area contributed by atoms with E-state index in [0.29, 0.717) is 0 Å². The molecule has 0 radical (unpaired) electrons. The summed E-state index contributed by atoms with van der Waals surface area (Å²) in [6.45, 7) is 0. The molecule has 0 aliphatic rings. The van der Waals surface area contributed by atoms with Gasteiger partial charge in [0.15, 0.2) is 0 Å². The van der Waals surface area contributed by atoms with Crippen molar-refractivity contribution < 1.29 is 22.0 Å². The van der Waals surface area contributed by atoms with Gasteiger partial charge in [-0.25, -0.2) is 0 Å². The first-order valence-corrected chi connectivity index (χ1v) is 10.3. The summed E-state index contributed by atoms with van der Waals surface area (Å²) in [5.41, 5.74) is 2.41. The summed E-state index contributed by atoms with van der Waals surface area (Å²) in [6, 6.07) is 29.5. The van der Waals surface area contributed by atoms with Gasteiger partial charge in [0.2, 0.25) is 21.1 Å². The maximum absolute atomic E-state index is 9.75. The van der Waals surface area contributed by atoms with Crippen molar-refractivity contribution in [3.8, 4) is 16.2 Å². The molecular formula is C24H19BF4OS. The number of halogens is 4. The van der Waals surface area contributed by atoms with Crippen molar-refractivity contribution in [1.29, 1.82) is 0 Å². The highest BCUT2D eigenvalue weighted by Crippen LogP contribution is 2.36. The largest absolute Gasteiger partial charge is 0.673 e. The molecule has 4 rings (SSSR count). The van der Waals surface area contributed by atoms with Crippen molar-refractivity contribution in [2.45, 2.75) is 0 Å². The van der Waals surface area contributed by atoms with Gasteiger partial charge in [0, 0.05) is 18.2 Å². The lowest BCUT2D eigenvalue weighted by atomic mass is 10.0. The van der Waals surface area contributed by atoms with E-state index in [1.165, 1.54) is 31.7 Å². The Morgan fingerprint density at radius 2 is 1.45 bits per heavy atom. The average molecular weight is 442 g/mol. The predicted molar refractivity (Wildman–Crippen MR) is 124 cm³/mol. The Balaban J connectivity index is 0.000000491. The van der Waals surface area contributed by atoms with Crippen LogP contribution in [0, 0.1) is 0 Å². The SMILES string of the molecule is COc1cc(-c2cccc(C=Cc3ccccc3)[s+]2)c2ccccc2c1.F[B-](F)(F)F. The lowest BCUT2D eigenvalue weighted by Gasteiger charge is -2.06. The van der Waals surface area contributed by atoms with Crippen molar-refractivity contribution >= 4 is 41.5 Å². The number of benzene rings is 3. The minimum absolute atomic E-state index is 0.885. The Morgan fingerprint density at radius 1 is 0.774 bits per heavy atom. The van der Waals surface area contributed by atoms with Crippen LogP contribution in [-0.4, -0.2) is 14.4 Å². The van der Waals surface area contributed by atoms with E-state index >= 15 is 0 Å². The molecule has 4 aromatic rings. The molecule has 0 saturated carbocycles. The summed E-state index contributed by atoms with van der Waals surface area (Å²) in [5, 5.41) is 2.44. The minimum Gasteiger partial charge on any atom is -0.497 e. The summed E-state index contributed by atoms with van der Waals surface area (Å²) >= 11 is 1.79. The third kappa shape index (κ3) is 6.93. The highest BCUT2D eigenvalue weighted by atomic mass is 32.1. The first-order valence-electron chi connectivity index (χ1n) is 9.44. The Hall–Kier alpha value is -3.19. The topological polar surface area (TPSA) is 9.23 Å². The monoisotopic (exact) mass is 442 g/mol. The van der Waals surface area contributed by atoms with E-state index in [9.17, 15) is 17.3 Å². The lowest BCUT2D eigenvalue weighted by Crippen LogP contribution is -2.02. The van der Waals surface area contributed by atoms with Crippen molar-refractivity contribution in [2.24, 2.45) is 0 Å². The summed E-state index contributed by atoms with van der Waals surface area (Å²) in [7, 11) is -4.28. The number of methoxy groups -OCH3 is 1. The van der Waals surface area contributed by atoms with Crippen molar-refractivity contribution in [2.75, 3.05) is 7.11 Å². The second-order valence-electron chi connectivity index (χ2n) is 6.53. The van der Waals surface area contributed by atoms with Crippen LogP contribution in [0.2, 0.25) is 0 Å². The molecule has 0 saturated heterocycles. The van der Waals surface area contributed by atoms with Crippen LogP contribution in [-0.2, 0) is 0 Å². The van der Waals surface area contributed by atoms with Crippen LogP contribution >= 0.6 is 11.3 Å². The third-order valence-electron chi connectivity index (χ3n) is 4.31. The minimum atomic E-state index is -6.00. The molecule has 158 valence electrons. The second kappa shape index (κ2) is 10.2. The molecule has 0 aliphatic heterocycles. The van der Waals surface area contributed by atoms with Gasteiger partial charge in [-0.3, -0.25) is 0 Å². The van der Waals surface area contributed by atoms with E-state index < -0.39 is 7.25 Å². The van der Waals surface area contributed by atoms with Gasteiger partial charge in [-0.15, -0.1) is 0 Å². The summed E-state index contributed by atoms with van der Waals surface area (Å²) < 4.78 is 44.5. The second-order valence-corrected chi connectivity index (χ2v) is 7.64. The fourth-order valence-corrected chi connectivity index (χ4v) is 3.97. The number of rotatable bonds is 4. The van der Waals surface area contributed by atoms with Gasteiger partial charge in [-0.05, 0) is 34.5 Å². The van der Waals surface area contributed by atoms with Crippen molar-refractivity contribution in [3.05, 3.63) is 95.4 Å². The van der Waals surface area contributed by atoms with Crippen LogP contribution in [0.1, 0.15) is 10.4 Å². The molecule has 0 fully saturated rings. The maximum Gasteiger partial charge on any atom is 0.673 e. The van der Waals surface area contributed by atoms with Crippen LogP contribution < -0.4 is 4.74 Å². The van der Waals surface area contributed by atoms with Crippen LogP contribution in [0.3, 0.4) is 0 Å². The average Bonchev–Trinajstić information content (AvgIpc) is 2.76. The number of fused-ring (bicyclic) bond motifs is 1. The number of ether oxygens (including phenoxy) is 1. The van der Waals surface area contributed by atoms with E-state index in [1.54, 1.807) is 18.4 Å². The van der Waals surface area contributed by atoms with Gasteiger partial charge in [0.25, 0.3) is 0 Å². The summed E-state index contributed by atoms with van der Waals surface area (Å²) in [6.07, 6.45) is 4.32. The molecule has 1 nitrogen and oxygen atoms in total. The smallest absolute Gasteiger partial charge is 0.497 e. The standard InChI is InChI=1S/C24H19OS.BF4/c1-25-20-16-19-10-5-6-12-22(19)23(17-20)24-13-7-11-21(26-24)15-14-18-8-3-2-4-9-18;2-1(3,4)5/h2-17H,1H3;/q+1;-1. The molecule has 0 N–H and O–H groups in total. The fraction of sp³-hybridized carbons (Fsp3) is 0.0417. The van der Waals surface area contributed by atoms with Gasteiger partial charge >= 0.3 is 7.25 Å². The van der Waals surface area contributed by atoms with E-state index in [4.69, 9.17) is 4.74 Å². The highest BCUT2D eigenvalue weighted by molar-refractivity contribution is 7.16. The van der Waals surface area contributed by atoms with E-state index in [1.807, 2.05) is 6.07 Å². The molecule has 0 unspecified atom stereocenters. The van der Waals surface area contributed by atoms with Crippen LogP contribution in [0.15, 0.2) is 84.9 Å². The zero-order valence-corrected chi connectivity index (χ0v) is 17.5. The zero-order valence-electron chi connectivity index (χ0n) is 16.6. The quantitative estimate of drug-likeness (QED) is 0.175. The molecule has 7 heteroatoms. The Bertz CT molecular complexity index is 1170. The van der Waals surface area contributed by atoms with Gasteiger partial charge < -0.3 is 22.0 Å². The first kappa shape index (κ1) is 22.5. The number of hydrogen-bond acceptors (Lipinski definition) is 1. The zero-order chi connectivity index (χ0) is 22.3. The number of hydrogen-bond donors (Lipinski definition) is 0. The molecule has 0 atom stereocenters. The lowest BCUT2D eigenvalue weighted by molar-refractivity contribution is 0.368. The summed E-state index contributed by atoms with van der Waals surface area (Å²) in [5.74, 6) is 0.885. The van der Waals surface area contributed by atoms with Gasteiger partial charge in [-0.1, -0.05) is 60.7 Å². The Morgan fingerprint density at radius 3 is 2.16 bits per heavy atom. The maximum atomic E-state index is 9.75. The normalized spacial score (nSPS) is 11.3. The molecule has 1 aromatic heterocycles. The summed E-state index contributed by atoms with van der Waals surface area (Å²) in [4.78, 5) is 2.45. The molecular weight excluding hydrogens is 423 g/mol. The molecule has 0 amide bonds. The third-order valence-corrected chi connectivity index (χ3v) is 5.40. The molecule has 0 aliphatic carbocycles. The van der Waals surface area contributed by atoms with Gasteiger partial charge in [-0.2, -0.15) is 0 Å². The Kier molecular flexibility index (Phi) is 7.42. The fourth-order valence-electron chi connectivity index (χ4n) is 3.01. The van der Waals surface area contributed by atoms with Crippen molar-refractivity contribution in [3.63, 3.8) is 0 Å². The molecule has 0 bridgehead atoms. The molecule has 1 heterocycles. The molecule has 31 heavy (non-hydrogen) atoms. The van der Waals surface area contributed by atoms with Crippen LogP contribution in [0.25, 0.3) is 33.4 Å². The molecule has 0 spiro atoms. The molecule has 3 aromatic carbocycles. The van der Waals surface area contributed by atoms with Gasteiger partial charge in [0.1, 0.15) is 5.75 Å².